The lowest BCUT2D eigenvalue weighted by Gasteiger charge is -2.35. The Balaban J connectivity index is 4.08. The van der Waals surface area contributed by atoms with Gasteiger partial charge in [-0.15, -0.1) is 0 Å². The molecule has 0 radical (unpaired) electrons. The van der Waals surface area contributed by atoms with E-state index in [1.807, 2.05) is 0 Å². The molecule has 0 aliphatic carbocycles. The third kappa shape index (κ3) is 4.52. The van der Waals surface area contributed by atoms with Crippen LogP contribution in [-0.2, 0) is 4.74 Å². The third-order valence-corrected chi connectivity index (χ3v) is 3.47. The molecule has 0 aromatic heterocycles. The van der Waals surface area contributed by atoms with Crippen LogP contribution < -0.4 is 0 Å². The van der Waals surface area contributed by atoms with Crippen molar-refractivity contribution in [2.45, 2.75) is 71.5 Å². The molecule has 0 aliphatic rings. The monoisotopic (exact) mass is 216 g/mol. The van der Waals surface area contributed by atoms with Crippen molar-refractivity contribution in [3.05, 3.63) is 0 Å². The molecule has 0 rings (SSSR count). The molecule has 0 aliphatic heterocycles. The maximum Gasteiger partial charge on any atom is 0.0931 e. The summed E-state index contributed by atoms with van der Waals surface area (Å²) < 4.78 is 5.51. The van der Waals surface area contributed by atoms with Gasteiger partial charge in [0.2, 0.25) is 0 Å². The van der Waals surface area contributed by atoms with Crippen LogP contribution in [0.1, 0.15) is 59.8 Å². The van der Waals surface area contributed by atoms with Gasteiger partial charge in [0, 0.05) is 7.11 Å². The van der Waals surface area contributed by atoms with E-state index < -0.39 is 0 Å². The third-order valence-electron chi connectivity index (χ3n) is 3.47. The number of aliphatic hydroxyl groups is 1. The van der Waals surface area contributed by atoms with Gasteiger partial charge in [0.25, 0.3) is 0 Å². The van der Waals surface area contributed by atoms with E-state index in [-0.39, 0.29) is 11.7 Å². The van der Waals surface area contributed by atoms with E-state index >= 15 is 0 Å². The highest BCUT2D eigenvalue weighted by Crippen LogP contribution is 2.27. The Morgan fingerprint density at radius 2 is 1.67 bits per heavy atom. The highest BCUT2D eigenvalue weighted by molar-refractivity contribution is 4.85. The van der Waals surface area contributed by atoms with Gasteiger partial charge in [-0.25, -0.2) is 0 Å². The molecular formula is C13H28O2. The van der Waals surface area contributed by atoms with Crippen molar-refractivity contribution in [3.63, 3.8) is 0 Å². The van der Waals surface area contributed by atoms with Crippen LogP contribution in [0.3, 0.4) is 0 Å². The van der Waals surface area contributed by atoms with Crippen LogP contribution in [0, 0.1) is 5.92 Å². The minimum Gasteiger partial charge on any atom is -0.390 e. The van der Waals surface area contributed by atoms with E-state index in [0.717, 1.165) is 31.6 Å². The molecule has 2 heteroatoms. The second-order valence-corrected chi connectivity index (χ2v) is 4.82. The molecule has 0 aromatic carbocycles. The highest BCUT2D eigenvalue weighted by Gasteiger charge is 2.33. The summed E-state index contributed by atoms with van der Waals surface area (Å²) >= 11 is 0. The number of hydrogen-bond acceptors (Lipinski definition) is 2. The maximum absolute atomic E-state index is 10.1. The summed E-state index contributed by atoms with van der Waals surface area (Å²) in [5.74, 6) is 0.720. The Kier molecular flexibility index (Phi) is 7.20. The Labute approximate surface area is 95.0 Å². The van der Waals surface area contributed by atoms with Crippen molar-refractivity contribution >= 4 is 0 Å². The van der Waals surface area contributed by atoms with Crippen molar-refractivity contribution in [1.82, 2.24) is 0 Å². The minimum absolute atomic E-state index is 0.322. The van der Waals surface area contributed by atoms with E-state index in [1.54, 1.807) is 7.11 Å². The van der Waals surface area contributed by atoms with Gasteiger partial charge in [0.1, 0.15) is 0 Å². The molecule has 1 N–H and O–H groups in total. The highest BCUT2D eigenvalue weighted by atomic mass is 16.5. The summed E-state index contributed by atoms with van der Waals surface area (Å²) in [6.07, 6.45) is 4.56. The lowest BCUT2D eigenvalue weighted by molar-refractivity contribution is -0.110. The number of rotatable bonds is 8. The van der Waals surface area contributed by atoms with E-state index in [0.29, 0.717) is 0 Å². The van der Waals surface area contributed by atoms with Gasteiger partial charge in [-0.3, -0.25) is 0 Å². The molecule has 0 bridgehead atoms. The minimum atomic E-state index is -0.323. The Morgan fingerprint density at radius 1 is 1.13 bits per heavy atom. The fourth-order valence-corrected chi connectivity index (χ4v) is 2.13. The first kappa shape index (κ1) is 14.9. The van der Waals surface area contributed by atoms with E-state index in [4.69, 9.17) is 4.74 Å². The topological polar surface area (TPSA) is 29.5 Å². The molecule has 1 atom stereocenters. The predicted octanol–water partition coefficient (Wildman–Crippen LogP) is 3.38. The molecular weight excluding hydrogens is 188 g/mol. The fourth-order valence-electron chi connectivity index (χ4n) is 2.13. The largest absolute Gasteiger partial charge is 0.390 e. The Hall–Kier alpha value is -0.0800. The first-order chi connectivity index (χ1) is 7.02. The van der Waals surface area contributed by atoms with Crippen molar-refractivity contribution in [2.24, 2.45) is 5.92 Å². The molecule has 2 nitrogen and oxygen atoms in total. The SMILES string of the molecule is CCC(CC)(OC)C(O)CCCC(C)C. The van der Waals surface area contributed by atoms with E-state index in [2.05, 4.69) is 27.7 Å². The zero-order chi connectivity index (χ0) is 11.9. The average molecular weight is 216 g/mol. The van der Waals surface area contributed by atoms with Gasteiger partial charge >= 0.3 is 0 Å². The summed E-state index contributed by atoms with van der Waals surface area (Å²) in [7, 11) is 1.71. The molecule has 0 saturated heterocycles. The van der Waals surface area contributed by atoms with Crippen LogP contribution in [0.15, 0.2) is 0 Å². The first-order valence-corrected chi connectivity index (χ1v) is 6.25. The van der Waals surface area contributed by atoms with Crippen LogP contribution in [0.25, 0.3) is 0 Å². The second-order valence-electron chi connectivity index (χ2n) is 4.82. The van der Waals surface area contributed by atoms with Gasteiger partial charge in [-0.05, 0) is 25.2 Å². The van der Waals surface area contributed by atoms with Crippen molar-refractivity contribution in [1.29, 1.82) is 0 Å². The average Bonchev–Trinajstić information content (AvgIpc) is 2.21. The molecule has 0 aromatic rings. The van der Waals surface area contributed by atoms with Crippen molar-refractivity contribution in [2.75, 3.05) is 7.11 Å². The molecule has 0 saturated carbocycles. The van der Waals surface area contributed by atoms with Crippen LogP contribution in [-0.4, -0.2) is 23.9 Å². The van der Waals surface area contributed by atoms with Crippen molar-refractivity contribution < 1.29 is 9.84 Å². The van der Waals surface area contributed by atoms with Gasteiger partial charge < -0.3 is 9.84 Å². The lowest BCUT2D eigenvalue weighted by atomic mass is 9.87. The standard InChI is InChI=1S/C13H28O2/c1-6-13(7-2,15-5)12(14)10-8-9-11(3)4/h11-12,14H,6-10H2,1-5H3. The number of hydrogen-bond donors (Lipinski definition) is 1. The smallest absolute Gasteiger partial charge is 0.0931 e. The molecule has 1 unspecified atom stereocenters. The summed E-state index contributed by atoms with van der Waals surface area (Å²) in [5, 5.41) is 10.1. The van der Waals surface area contributed by atoms with Crippen LogP contribution in [0.4, 0.5) is 0 Å². The van der Waals surface area contributed by atoms with Gasteiger partial charge in [0.05, 0.1) is 11.7 Å². The molecule has 92 valence electrons. The molecule has 0 amide bonds. The number of ether oxygens (including phenoxy) is 1. The summed E-state index contributed by atoms with van der Waals surface area (Å²) in [4.78, 5) is 0. The van der Waals surface area contributed by atoms with Crippen molar-refractivity contribution in [3.8, 4) is 0 Å². The lowest BCUT2D eigenvalue weighted by Crippen LogP contribution is -2.43. The van der Waals surface area contributed by atoms with Crippen LogP contribution >= 0.6 is 0 Å². The Bertz CT molecular complexity index is 142. The van der Waals surface area contributed by atoms with Gasteiger partial charge in [0.15, 0.2) is 0 Å². The summed E-state index contributed by atoms with van der Waals surface area (Å²) in [5.41, 5.74) is -0.322. The quantitative estimate of drug-likeness (QED) is 0.674. The second kappa shape index (κ2) is 7.24. The summed E-state index contributed by atoms with van der Waals surface area (Å²) in [6.45, 7) is 8.60. The Morgan fingerprint density at radius 3 is 2.00 bits per heavy atom. The first-order valence-electron chi connectivity index (χ1n) is 6.25. The maximum atomic E-state index is 10.1. The number of methoxy groups -OCH3 is 1. The van der Waals surface area contributed by atoms with E-state index in [9.17, 15) is 5.11 Å². The van der Waals surface area contributed by atoms with Gasteiger partial charge in [-0.2, -0.15) is 0 Å². The van der Waals surface area contributed by atoms with E-state index in [1.165, 1.54) is 6.42 Å². The van der Waals surface area contributed by atoms with Crippen LogP contribution in [0.5, 0.6) is 0 Å². The van der Waals surface area contributed by atoms with Gasteiger partial charge in [-0.1, -0.05) is 40.5 Å². The summed E-state index contributed by atoms with van der Waals surface area (Å²) in [6, 6.07) is 0. The molecule has 0 heterocycles. The molecule has 0 fully saturated rings. The number of aliphatic hydroxyl groups excluding tert-OH is 1. The normalized spacial score (nSPS) is 14.6. The molecule has 15 heavy (non-hydrogen) atoms. The fraction of sp³-hybridized carbons (Fsp3) is 1.00. The predicted molar refractivity (Wildman–Crippen MR) is 65.0 cm³/mol. The molecule has 0 spiro atoms. The zero-order valence-electron chi connectivity index (χ0n) is 11.0. The zero-order valence-corrected chi connectivity index (χ0v) is 11.0. The van der Waals surface area contributed by atoms with Crippen LogP contribution in [0.2, 0.25) is 0 Å².